The lowest BCUT2D eigenvalue weighted by Crippen LogP contribution is -2.42. The van der Waals surface area contributed by atoms with Crippen LogP contribution in [0, 0.1) is 0 Å². The highest BCUT2D eigenvalue weighted by atomic mass is 16.3. The van der Waals surface area contributed by atoms with Crippen molar-refractivity contribution in [2.45, 2.75) is 19.4 Å². The second-order valence-corrected chi connectivity index (χ2v) is 3.92. The second kappa shape index (κ2) is 4.64. The SMILES string of the molecule is CCc1cccc([C@H]2CNCCN2)c1O. The van der Waals surface area contributed by atoms with Gasteiger partial charge in [-0.25, -0.2) is 0 Å². The topological polar surface area (TPSA) is 44.3 Å². The molecular formula is C12H18N2O. The van der Waals surface area contributed by atoms with Crippen molar-refractivity contribution in [3.05, 3.63) is 29.3 Å². The number of hydrogen-bond acceptors (Lipinski definition) is 3. The number of benzene rings is 1. The first-order valence-electron chi connectivity index (χ1n) is 5.57. The number of nitrogens with one attached hydrogen (secondary N) is 2. The largest absolute Gasteiger partial charge is 0.507 e. The molecule has 2 rings (SSSR count). The van der Waals surface area contributed by atoms with Gasteiger partial charge in [-0.05, 0) is 12.0 Å². The maximum atomic E-state index is 10.1. The lowest BCUT2D eigenvalue weighted by atomic mass is 10.00. The highest BCUT2D eigenvalue weighted by molar-refractivity contribution is 5.42. The Morgan fingerprint density at radius 3 is 2.93 bits per heavy atom. The predicted molar refractivity (Wildman–Crippen MR) is 61.1 cm³/mol. The number of phenols is 1. The van der Waals surface area contributed by atoms with Crippen molar-refractivity contribution in [2.24, 2.45) is 0 Å². The standard InChI is InChI=1S/C12H18N2O/c1-2-9-4-3-5-10(12(9)15)11-8-13-6-7-14-11/h3-5,11,13-15H,2,6-8H2,1H3/t11-/m1/s1. The van der Waals surface area contributed by atoms with E-state index in [0.29, 0.717) is 5.75 Å². The summed E-state index contributed by atoms with van der Waals surface area (Å²) in [6.45, 7) is 4.91. The summed E-state index contributed by atoms with van der Waals surface area (Å²) in [4.78, 5) is 0. The third-order valence-corrected chi connectivity index (χ3v) is 2.95. The molecule has 0 radical (unpaired) electrons. The minimum Gasteiger partial charge on any atom is -0.507 e. The van der Waals surface area contributed by atoms with E-state index in [1.807, 2.05) is 18.2 Å². The van der Waals surface area contributed by atoms with E-state index in [4.69, 9.17) is 0 Å². The Hall–Kier alpha value is -1.06. The van der Waals surface area contributed by atoms with E-state index >= 15 is 0 Å². The van der Waals surface area contributed by atoms with Gasteiger partial charge in [-0.1, -0.05) is 25.1 Å². The minimum absolute atomic E-state index is 0.241. The summed E-state index contributed by atoms with van der Waals surface area (Å²) in [5.41, 5.74) is 2.04. The third-order valence-electron chi connectivity index (χ3n) is 2.95. The van der Waals surface area contributed by atoms with Gasteiger partial charge in [0.05, 0.1) is 0 Å². The van der Waals surface area contributed by atoms with Gasteiger partial charge in [-0.2, -0.15) is 0 Å². The highest BCUT2D eigenvalue weighted by Gasteiger charge is 2.18. The molecule has 1 aromatic rings. The maximum Gasteiger partial charge on any atom is 0.123 e. The predicted octanol–water partition coefficient (Wildman–Crippen LogP) is 1.19. The number of para-hydroxylation sites is 1. The van der Waals surface area contributed by atoms with Crippen molar-refractivity contribution >= 4 is 0 Å². The Bertz CT molecular complexity index is 332. The Morgan fingerprint density at radius 1 is 1.40 bits per heavy atom. The molecule has 1 saturated heterocycles. The van der Waals surface area contributed by atoms with Gasteiger partial charge in [-0.15, -0.1) is 0 Å². The van der Waals surface area contributed by atoms with Crippen LogP contribution < -0.4 is 10.6 Å². The van der Waals surface area contributed by atoms with Crippen molar-refractivity contribution in [3.63, 3.8) is 0 Å². The smallest absolute Gasteiger partial charge is 0.123 e. The zero-order valence-electron chi connectivity index (χ0n) is 9.09. The van der Waals surface area contributed by atoms with Crippen LogP contribution in [0.5, 0.6) is 5.75 Å². The number of rotatable bonds is 2. The van der Waals surface area contributed by atoms with Gasteiger partial charge in [0.1, 0.15) is 5.75 Å². The Morgan fingerprint density at radius 2 is 2.27 bits per heavy atom. The lowest BCUT2D eigenvalue weighted by molar-refractivity contribution is 0.402. The van der Waals surface area contributed by atoms with Gasteiger partial charge in [0.15, 0.2) is 0 Å². The molecule has 82 valence electrons. The van der Waals surface area contributed by atoms with E-state index in [9.17, 15) is 5.11 Å². The van der Waals surface area contributed by atoms with Crippen LogP contribution in [-0.4, -0.2) is 24.7 Å². The zero-order valence-corrected chi connectivity index (χ0v) is 9.09. The first-order chi connectivity index (χ1) is 7.33. The minimum atomic E-state index is 0.241. The van der Waals surface area contributed by atoms with Crippen molar-refractivity contribution in [3.8, 4) is 5.75 Å². The average Bonchev–Trinajstić information content (AvgIpc) is 2.30. The fourth-order valence-electron chi connectivity index (χ4n) is 2.05. The van der Waals surface area contributed by atoms with E-state index < -0.39 is 0 Å². The quantitative estimate of drug-likeness (QED) is 0.681. The molecule has 1 fully saturated rings. The molecule has 1 aromatic carbocycles. The summed E-state index contributed by atoms with van der Waals surface area (Å²) >= 11 is 0. The third kappa shape index (κ3) is 2.13. The molecule has 3 N–H and O–H groups in total. The van der Waals surface area contributed by atoms with Crippen LogP contribution in [0.4, 0.5) is 0 Å². The molecule has 0 bridgehead atoms. The van der Waals surface area contributed by atoms with Gasteiger partial charge in [0, 0.05) is 31.2 Å². The molecule has 1 aliphatic heterocycles. The molecular weight excluding hydrogens is 188 g/mol. The van der Waals surface area contributed by atoms with Crippen molar-refractivity contribution in [2.75, 3.05) is 19.6 Å². The fraction of sp³-hybridized carbons (Fsp3) is 0.500. The number of phenolic OH excluding ortho intramolecular Hbond substituents is 1. The summed E-state index contributed by atoms with van der Waals surface area (Å²) in [6.07, 6.45) is 0.875. The Kier molecular flexibility index (Phi) is 3.23. The molecule has 1 heterocycles. The van der Waals surface area contributed by atoms with Gasteiger partial charge < -0.3 is 15.7 Å². The van der Waals surface area contributed by atoms with E-state index in [-0.39, 0.29) is 6.04 Å². The van der Waals surface area contributed by atoms with Gasteiger partial charge in [0.25, 0.3) is 0 Å². The summed E-state index contributed by atoms with van der Waals surface area (Å²) in [6, 6.07) is 6.24. The molecule has 0 spiro atoms. The van der Waals surface area contributed by atoms with Crippen LogP contribution in [0.15, 0.2) is 18.2 Å². The Labute approximate surface area is 90.5 Å². The van der Waals surface area contributed by atoms with Crippen LogP contribution in [0.3, 0.4) is 0 Å². The second-order valence-electron chi connectivity index (χ2n) is 3.92. The molecule has 0 aliphatic carbocycles. The first-order valence-corrected chi connectivity index (χ1v) is 5.57. The summed E-state index contributed by atoms with van der Waals surface area (Å²) in [7, 11) is 0. The monoisotopic (exact) mass is 206 g/mol. The van der Waals surface area contributed by atoms with E-state index in [1.54, 1.807) is 0 Å². The molecule has 15 heavy (non-hydrogen) atoms. The van der Waals surface area contributed by atoms with E-state index in [0.717, 1.165) is 37.2 Å². The van der Waals surface area contributed by atoms with E-state index in [2.05, 4.69) is 17.6 Å². The summed E-state index contributed by atoms with van der Waals surface area (Å²) < 4.78 is 0. The van der Waals surface area contributed by atoms with E-state index in [1.165, 1.54) is 0 Å². The normalized spacial score (nSPS) is 21.5. The van der Waals surface area contributed by atoms with Gasteiger partial charge >= 0.3 is 0 Å². The average molecular weight is 206 g/mol. The molecule has 3 nitrogen and oxygen atoms in total. The van der Waals surface area contributed by atoms with Crippen LogP contribution in [-0.2, 0) is 6.42 Å². The van der Waals surface area contributed by atoms with Crippen LogP contribution >= 0.6 is 0 Å². The number of aryl methyl sites for hydroxylation is 1. The zero-order chi connectivity index (χ0) is 10.7. The molecule has 1 aliphatic rings. The maximum absolute atomic E-state index is 10.1. The van der Waals surface area contributed by atoms with Gasteiger partial charge in [0.2, 0.25) is 0 Å². The molecule has 1 atom stereocenters. The first kappa shape index (κ1) is 10.5. The highest BCUT2D eigenvalue weighted by Crippen LogP contribution is 2.28. The summed E-state index contributed by atoms with van der Waals surface area (Å²) in [5, 5.41) is 16.8. The van der Waals surface area contributed by atoms with Gasteiger partial charge in [-0.3, -0.25) is 0 Å². The fourth-order valence-corrected chi connectivity index (χ4v) is 2.05. The van der Waals surface area contributed by atoms with Crippen LogP contribution in [0.1, 0.15) is 24.1 Å². The lowest BCUT2D eigenvalue weighted by Gasteiger charge is -2.26. The summed E-state index contributed by atoms with van der Waals surface area (Å²) in [5.74, 6) is 0.459. The molecule has 0 unspecified atom stereocenters. The number of aromatic hydroxyl groups is 1. The van der Waals surface area contributed by atoms with Crippen LogP contribution in [0.25, 0.3) is 0 Å². The molecule has 0 aromatic heterocycles. The Balaban J connectivity index is 2.26. The molecule has 3 heteroatoms. The molecule has 0 saturated carbocycles. The number of piperazine rings is 1. The number of hydrogen-bond donors (Lipinski definition) is 3. The van der Waals surface area contributed by atoms with Crippen molar-refractivity contribution in [1.29, 1.82) is 0 Å². The van der Waals surface area contributed by atoms with Crippen molar-refractivity contribution in [1.82, 2.24) is 10.6 Å². The van der Waals surface area contributed by atoms with Crippen LogP contribution in [0.2, 0.25) is 0 Å². The van der Waals surface area contributed by atoms with Crippen molar-refractivity contribution < 1.29 is 5.11 Å². The molecule has 0 amide bonds.